The topological polar surface area (TPSA) is 82.3 Å². The molecule has 1 aliphatic rings. The lowest BCUT2D eigenvalue weighted by atomic mass is 10.0. The molecule has 0 aromatic heterocycles. The smallest absolute Gasteiger partial charge is 0.326 e. The third-order valence-corrected chi connectivity index (χ3v) is 18.1. The van der Waals surface area contributed by atoms with Gasteiger partial charge in [0.05, 0.1) is 22.7 Å². The van der Waals surface area contributed by atoms with Crippen molar-refractivity contribution < 1.29 is 9.59 Å². The zero-order valence-electron chi connectivity index (χ0n) is 31.6. The number of benzene rings is 8. The summed E-state index contributed by atoms with van der Waals surface area (Å²) in [4.78, 5) is 44.9. The molecule has 0 atom stereocenters. The number of nitrogens with one attached hydrogen (secondary N) is 4. The number of hydrogen-bond acceptors (Lipinski definition) is 6. The van der Waals surface area contributed by atoms with Gasteiger partial charge in [-0.25, -0.2) is 0 Å². The zero-order valence-corrected chi connectivity index (χ0v) is 33.6. The number of rotatable bonds is 8. The molecule has 0 radical (unpaired) electrons. The first-order valence-electron chi connectivity index (χ1n) is 19.3. The number of fused-ring (bicyclic) bond motifs is 2. The highest BCUT2D eigenvalue weighted by atomic mass is 28.4. The minimum Gasteiger partial charge on any atom is -0.386 e. The third kappa shape index (κ3) is 6.91. The van der Waals surface area contributed by atoms with Crippen molar-refractivity contribution in [3.63, 3.8) is 0 Å². The van der Waals surface area contributed by atoms with E-state index in [0.717, 1.165) is 43.5 Å². The Bertz CT molecular complexity index is 2430. The van der Waals surface area contributed by atoms with Crippen molar-refractivity contribution in [3.8, 4) is 0 Å². The Morgan fingerprint density at radius 2 is 0.534 bits per heavy atom. The van der Waals surface area contributed by atoms with Gasteiger partial charge >= 0.3 is 16.8 Å². The fourth-order valence-corrected chi connectivity index (χ4v) is 15.0. The fraction of sp³-hybridized carbons (Fsp3) is 0. The van der Waals surface area contributed by atoms with Crippen molar-refractivity contribution in [2.75, 3.05) is 19.9 Å². The van der Waals surface area contributed by atoms with E-state index < -0.39 is 16.8 Å². The Morgan fingerprint density at radius 3 is 0.828 bits per heavy atom. The molecule has 4 N–H and O–H groups in total. The summed E-state index contributed by atoms with van der Waals surface area (Å²) in [6.45, 7) is 0. The van der Waals surface area contributed by atoms with Crippen LogP contribution in [-0.2, 0) is 0 Å². The highest BCUT2D eigenvalue weighted by molar-refractivity contribution is 7.08. The summed E-state index contributed by atoms with van der Waals surface area (Å²) < 4.78 is 0. The first kappa shape index (κ1) is 36.4. The lowest BCUT2D eigenvalue weighted by Crippen LogP contribution is -2.73. The molecule has 6 nitrogen and oxygen atoms in total. The van der Waals surface area contributed by atoms with Crippen LogP contribution in [0.2, 0.25) is 0 Å². The quantitative estimate of drug-likeness (QED) is 0.0924. The Balaban J connectivity index is 1.34. The van der Waals surface area contributed by atoms with Crippen LogP contribution in [0.15, 0.2) is 218 Å². The first-order chi connectivity index (χ1) is 28.5. The van der Waals surface area contributed by atoms with Gasteiger partial charge in [0.1, 0.15) is 0 Å². The lowest BCUT2D eigenvalue weighted by molar-refractivity contribution is 0.103. The van der Waals surface area contributed by atoms with Crippen LogP contribution < -0.4 is 40.7 Å². The Kier molecular flexibility index (Phi) is 9.85. The van der Waals surface area contributed by atoms with Crippen LogP contribution in [0.5, 0.6) is 0 Å². The molecule has 0 saturated carbocycles. The second kappa shape index (κ2) is 15.7. The van der Waals surface area contributed by atoms with Crippen LogP contribution in [0.25, 0.3) is 0 Å². The molecule has 280 valence electrons. The van der Waals surface area contributed by atoms with Crippen LogP contribution in [0.1, 0.15) is 31.8 Å². The molecule has 0 fully saturated rings. The van der Waals surface area contributed by atoms with Gasteiger partial charge in [-0.15, -0.1) is 0 Å². The fourth-order valence-electron chi connectivity index (χ4n) is 7.84. The molecule has 0 saturated heterocycles. The molecule has 0 amide bonds. The van der Waals surface area contributed by atoms with Crippen molar-refractivity contribution >= 4 is 71.9 Å². The normalized spacial score (nSPS) is 13.8. The van der Waals surface area contributed by atoms with E-state index in [0.29, 0.717) is 22.3 Å². The molecule has 8 aromatic rings. The van der Waals surface area contributed by atoms with Gasteiger partial charge in [0, 0.05) is 22.3 Å². The van der Waals surface area contributed by atoms with E-state index >= 15 is 0 Å². The van der Waals surface area contributed by atoms with E-state index in [1.54, 1.807) is 0 Å². The number of ketones is 2. The lowest BCUT2D eigenvalue weighted by Gasteiger charge is -2.42. The maximum Gasteiger partial charge on any atom is 0.326 e. The highest BCUT2D eigenvalue weighted by Gasteiger charge is 2.45. The zero-order chi connectivity index (χ0) is 39.4. The molecule has 1 aliphatic heterocycles. The predicted octanol–water partition coefficient (Wildman–Crippen LogP) is 8.02. The summed E-state index contributed by atoms with van der Waals surface area (Å²) in [7, 11) is -6.57. The minimum atomic E-state index is -3.29. The van der Waals surface area contributed by atoms with Crippen LogP contribution in [-0.4, -0.2) is 28.4 Å². The molecular weight excluding hydrogens is 745 g/mol. The van der Waals surface area contributed by atoms with Gasteiger partial charge in [0.2, 0.25) is 0 Å². The van der Waals surface area contributed by atoms with Gasteiger partial charge in [0.15, 0.2) is 11.6 Å². The number of anilines is 4. The Labute approximate surface area is 340 Å². The summed E-state index contributed by atoms with van der Waals surface area (Å²) in [6, 6.07) is 72.6. The van der Waals surface area contributed by atoms with E-state index in [4.69, 9.17) is 0 Å². The van der Waals surface area contributed by atoms with Crippen molar-refractivity contribution in [3.05, 3.63) is 241 Å². The van der Waals surface area contributed by atoms with Gasteiger partial charge in [-0.1, -0.05) is 182 Å². The largest absolute Gasteiger partial charge is 0.386 e. The Hall–Kier alpha value is -7.27. The van der Waals surface area contributed by atoms with Gasteiger partial charge in [-0.3, -0.25) is 9.59 Å². The maximum atomic E-state index is 14.1. The summed E-state index contributed by atoms with van der Waals surface area (Å²) in [6.07, 6.45) is 0. The molecule has 0 spiro atoms. The molecular formula is C50H40N4O2Si2. The average Bonchev–Trinajstić information content (AvgIpc) is 3.30. The van der Waals surface area contributed by atoms with Crippen LogP contribution >= 0.6 is 0 Å². The van der Waals surface area contributed by atoms with Gasteiger partial charge in [-0.2, -0.15) is 0 Å². The van der Waals surface area contributed by atoms with Gasteiger partial charge < -0.3 is 19.9 Å². The SMILES string of the molecule is O=C(c1ccccc1)c1ccc2c(c1)N[Si](c1ccccc1)(c1ccccc1)Nc1ccc(C(=O)c3ccccc3)cc1N[Si](c1ccccc1)(c1ccccc1)N2. The van der Waals surface area contributed by atoms with E-state index in [2.05, 4.69) is 117 Å². The number of hydrogen-bond donors (Lipinski definition) is 4. The van der Waals surface area contributed by atoms with E-state index in [-0.39, 0.29) is 11.6 Å². The predicted molar refractivity (Wildman–Crippen MR) is 243 cm³/mol. The second-order valence-corrected chi connectivity index (χ2v) is 20.7. The Morgan fingerprint density at radius 1 is 0.276 bits per heavy atom. The van der Waals surface area contributed by atoms with Gasteiger partial charge in [-0.05, 0) is 57.1 Å². The molecule has 0 bridgehead atoms. The summed E-state index contributed by atoms with van der Waals surface area (Å²) >= 11 is 0. The molecule has 8 aromatic carbocycles. The average molecular weight is 785 g/mol. The monoisotopic (exact) mass is 784 g/mol. The molecule has 0 aliphatic carbocycles. The maximum absolute atomic E-state index is 14.1. The van der Waals surface area contributed by atoms with Crippen LogP contribution in [0.4, 0.5) is 22.7 Å². The number of carbonyl (C=O) groups is 2. The first-order valence-corrected chi connectivity index (χ1v) is 23.3. The van der Waals surface area contributed by atoms with E-state index in [1.165, 1.54) is 0 Å². The molecule has 9 rings (SSSR count). The molecule has 8 heteroatoms. The number of carbonyl (C=O) groups excluding carboxylic acids is 2. The second-order valence-electron chi connectivity index (χ2n) is 14.4. The van der Waals surface area contributed by atoms with Gasteiger partial charge in [0.25, 0.3) is 0 Å². The van der Waals surface area contributed by atoms with Crippen molar-refractivity contribution in [1.29, 1.82) is 0 Å². The molecule has 1 heterocycles. The minimum absolute atomic E-state index is 0.0596. The highest BCUT2D eigenvalue weighted by Crippen LogP contribution is 2.35. The van der Waals surface area contributed by atoms with E-state index in [9.17, 15) is 9.59 Å². The molecule has 0 unspecified atom stereocenters. The molecule has 58 heavy (non-hydrogen) atoms. The van der Waals surface area contributed by atoms with E-state index in [1.807, 2.05) is 121 Å². The summed E-state index contributed by atoms with van der Waals surface area (Å²) in [5.74, 6) is -0.119. The summed E-state index contributed by atoms with van der Waals surface area (Å²) in [5, 5.41) is 4.32. The van der Waals surface area contributed by atoms with Crippen LogP contribution in [0, 0.1) is 0 Å². The van der Waals surface area contributed by atoms with Crippen molar-refractivity contribution in [2.45, 2.75) is 0 Å². The van der Waals surface area contributed by atoms with Crippen molar-refractivity contribution in [1.82, 2.24) is 0 Å². The standard InChI is InChI=1S/C50H40N4O2Si2/c55-49(37-19-7-1-8-20-37)39-31-33-45-47(35-39)53-57(41-23-11-3-12-24-41,42-25-13-4-14-26-42)52-46-34-32-40(50(56)38-21-9-2-10-22-38)36-48(46)54-58(51-45,43-27-15-5-16-28-43)44-29-17-6-18-30-44/h1-36,51-54H. The van der Waals surface area contributed by atoms with Crippen molar-refractivity contribution in [2.24, 2.45) is 0 Å². The van der Waals surface area contributed by atoms with Crippen LogP contribution in [0.3, 0.4) is 0 Å². The third-order valence-electron chi connectivity index (χ3n) is 10.8. The summed E-state index contributed by atoms with van der Waals surface area (Å²) in [5.41, 5.74) is 5.64.